The molecular formula is C9H14S2. The van der Waals surface area contributed by atoms with Crippen LogP contribution < -0.4 is 0 Å². The molecule has 62 valence electrons. The van der Waals surface area contributed by atoms with Gasteiger partial charge in [0.05, 0.1) is 0 Å². The van der Waals surface area contributed by atoms with Crippen molar-refractivity contribution < 1.29 is 0 Å². The Hall–Kier alpha value is 0.180. The van der Waals surface area contributed by atoms with Gasteiger partial charge >= 0.3 is 0 Å². The molecule has 0 heterocycles. The van der Waals surface area contributed by atoms with Gasteiger partial charge in [-0.15, -0.1) is 0 Å². The first-order chi connectivity index (χ1) is 5.29. The van der Waals surface area contributed by atoms with E-state index in [9.17, 15) is 0 Å². The fraction of sp³-hybridized carbons (Fsp3) is 0.778. The molecule has 0 N–H and O–H groups in total. The fourth-order valence-corrected chi connectivity index (χ4v) is 2.04. The monoisotopic (exact) mass is 186 g/mol. The van der Waals surface area contributed by atoms with Gasteiger partial charge in [-0.1, -0.05) is 31.4 Å². The minimum absolute atomic E-state index is 0.741. The van der Waals surface area contributed by atoms with E-state index in [1.807, 2.05) is 10.7 Å². The van der Waals surface area contributed by atoms with Gasteiger partial charge in [0.25, 0.3) is 0 Å². The molecule has 0 radical (unpaired) electrons. The summed E-state index contributed by atoms with van der Waals surface area (Å²) >= 11 is 9.68. The lowest BCUT2D eigenvalue weighted by Gasteiger charge is -2.06. The van der Waals surface area contributed by atoms with Crippen LogP contribution in [0.1, 0.15) is 26.2 Å². The van der Waals surface area contributed by atoms with Crippen LogP contribution in [-0.4, -0.2) is 10.7 Å². The Bertz CT molecular complexity index is 154. The Balaban J connectivity index is 2.16. The lowest BCUT2D eigenvalue weighted by Crippen LogP contribution is -1.99. The number of thiocarbonyl (C=S) groups is 2. The second kappa shape index (κ2) is 4.27. The van der Waals surface area contributed by atoms with Gasteiger partial charge in [0, 0.05) is 0 Å². The summed E-state index contributed by atoms with van der Waals surface area (Å²) in [4.78, 5) is 0. The first-order valence-electron chi connectivity index (χ1n) is 4.18. The number of hydrogen-bond acceptors (Lipinski definition) is 2. The predicted molar refractivity (Wildman–Crippen MR) is 57.3 cm³/mol. The van der Waals surface area contributed by atoms with Crippen LogP contribution in [0.2, 0.25) is 0 Å². The van der Waals surface area contributed by atoms with Crippen LogP contribution >= 0.6 is 24.4 Å². The molecule has 1 aliphatic rings. The molecule has 0 aliphatic heterocycles. The van der Waals surface area contributed by atoms with E-state index in [1.165, 1.54) is 12.8 Å². The molecule has 11 heavy (non-hydrogen) atoms. The fourth-order valence-electron chi connectivity index (χ4n) is 1.59. The van der Waals surface area contributed by atoms with Crippen molar-refractivity contribution in [3.63, 3.8) is 0 Å². The Morgan fingerprint density at radius 2 is 2.27 bits per heavy atom. The highest BCUT2D eigenvalue weighted by Gasteiger charge is 2.38. The molecule has 0 aromatic carbocycles. The van der Waals surface area contributed by atoms with E-state index in [1.54, 1.807) is 0 Å². The molecule has 3 unspecified atom stereocenters. The van der Waals surface area contributed by atoms with Gasteiger partial charge in [-0.05, 0) is 47.8 Å². The molecule has 0 saturated heterocycles. The largest absolute Gasteiger partial charge is 0.0935 e. The van der Waals surface area contributed by atoms with Crippen molar-refractivity contribution in [2.24, 2.45) is 17.8 Å². The molecule has 3 atom stereocenters. The van der Waals surface area contributed by atoms with E-state index in [4.69, 9.17) is 24.4 Å². The highest BCUT2D eigenvalue weighted by Crippen LogP contribution is 2.44. The zero-order chi connectivity index (χ0) is 8.27. The van der Waals surface area contributed by atoms with Crippen molar-refractivity contribution in [3.8, 4) is 0 Å². The molecule has 1 rings (SSSR count). The van der Waals surface area contributed by atoms with E-state index in [0.717, 1.165) is 24.2 Å². The lowest BCUT2D eigenvalue weighted by atomic mass is 9.99. The zero-order valence-corrected chi connectivity index (χ0v) is 8.46. The van der Waals surface area contributed by atoms with E-state index < -0.39 is 0 Å². The van der Waals surface area contributed by atoms with Crippen molar-refractivity contribution in [1.29, 1.82) is 0 Å². The highest BCUT2D eigenvalue weighted by molar-refractivity contribution is 7.79. The molecule has 1 saturated carbocycles. The van der Waals surface area contributed by atoms with Crippen molar-refractivity contribution in [2.45, 2.75) is 26.2 Å². The van der Waals surface area contributed by atoms with Crippen molar-refractivity contribution in [3.05, 3.63) is 0 Å². The molecule has 1 aliphatic carbocycles. The number of hydrogen-bond donors (Lipinski definition) is 0. The summed E-state index contributed by atoms with van der Waals surface area (Å²) in [5.74, 6) is 2.44. The molecule has 1 fully saturated rings. The molecule has 0 spiro atoms. The molecule has 0 aromatic rings. The average molecular weight is 186 g/mol. The summed E-state index contributed by atoms with van der Waals surface area (Å²) in [5.41, 5.74) is 0. The summed E-state index contributed by atoms with van der Waals surface area (Å²) in [6.07, 6.45) is 3.65. The quantitative estimate of drug-likeness (QED) is 0.605. The van der Waals surface area contributed by atoms with Gasteiger partial charge in [0.2, 0.25) is 0 Å². The maximum atomic E-state index is 4.89. The minimum Gasteiger partial charge on any atom is -0.0935 e. The van der Waals surface area contributed by atoms with Gasteiger partial charge in [0.1, 0.15) is 0 Å². The minimum atomic E-state index is 0.741. The lowest BCUT2D eigenvalue weighted by molar-refractivity contribution is 0.473. The van der Waals surface area contributed by atoms with Crippen LogP contribution in [0.4, 0.5) is 0 Å². The van der Waals surface area contributed by atoms with Crippen LogP contribution in [0.3, 0.4) is 0 Å². The Labute approximate surface area is 79.4 Å². The van der Waals surface area contributed by atoms with E-state index in [0.29, 0.717) is 0 Å². The predicted octanol–water partition coefficient (Wildman–Crippen LogP) is 3.04. The van der Waals surface area contributed by atoms with Crippen LogP contribution in [0, 0.1) is 17.8 Å². The maximum Gasteiger partial charge on any atom is -0.00944 e. The van der Waals surface area contributed by atoms with Gasteiger partial charge in [0.15, 0.2) is 0 Å². The van der Waals surface area contributed by atoms with Crippen molar-refractivity contribution >= 4 is 35.2 Å². The standard InChI is InChI=1S/C9H14S2/c1-7(3-2-4-10)9-5-8(9)6-11/h4,6-9H,2-3,5H2,1H3. The topological polar surface area (TPSA) is 0 Å². The van der Waals surface area contributed by atoms with E-state index in [2.05, 4.69) is 6.92 Å². The maximum absolute atomic E-state index is 4.89. The van der Waals surface area contributed by atoms with Crippen LogP contribution in [-0.2, 0) is 0 Å². The molecular weight excluding hydrogens is 172 g/mol. The first kappa shape index (κ1) is 9.27. The summed E-state index contributed by atoms with van der Waals surface area (Å²) in [6.45, 7) is 2.31. The molecule has 2 heteroatoms. The van der Waals surface area contributed by atoms with Crippen molar-refractivity contribution in [2.75, 3.05) is 0 Å². The Kier molecular flexibility index (Phi) is 3.60. The summed E-state index contributed by atoms with van der Waals surface area (Å²) in [6, 6.07) is 0. The second-order valence-electron chi connectivity index (χ2n) is 3.42. The molecule has 0 amide bonds. The van der Waals surface area contributed by atoms with Gasteiger partial charge in [-0.25, -0.2) is 0 Å². The van der Waals surface area contributed by atoms with Crippen LogP contribution in [0.15, 0.2) is 0 Å². The zero-order valence-electron chi connectivity index (χ0n) is 6.82. The van der Waals surface area contributed by atoms with Gasteiger partial charge in [-0.2, -0.15) is 0 Å². The Morgan fingerprint density at radius 1 is 1.55 bits per heavy atom. The second-order valence-corrected chi connectivity index (χ2v) is 4.03. The highest BCUT2D eigenvalue weighted by atomic mass is 32.1. The SMILES string of the molecule is CC(CCC=S)C1CC1C=S. The van der Waals surface area contributed by atoms with Gasteiger partial charge in [-0.3, -0.25) is 0 Å². The van der Waals surface area contributed by atoms with Crippen molar-refractivity contribution in [1.82, 2.24) is 0 Å². The summed E-state index contributed by atoms with van der Waals surface area (Å²) in [7, 11) is 0. The third kappa shape index (κ3) is 2.60. The van der Waals surface area contributed by atoms with Gasteiger partial charge < -0.3 is 0 Å². The Morgan fingerprint density at radius 3 is 2.73 bits per heavy atom. The number of rotatable bonds is 5. The van der Waals surface area contributed by atoms with E-state index >= 15 is 0 Å². The van der Waals surface area contributed by atoms with E-state index in [-0.39, 0.29) is 0 Å². The third-order valence-electron chi connectivity index (χ3n) is 2.54. The first-order valence-corrected chi connectivity index (χ1v) is 5.12. The summed E-state index contributed by atoms with van der Waals surface area (Å²) < 4.78 is 0. The van der Waals surface area contributed by atoms with Crippen LogP contribution in [0.5, 0.6) is 0 Å². The average Bonchev–Trinajstić information content (AvgIpc) is 2.78. The van der Waals surface area contributed by atoms with Crippen LogP contribution in [0.25, 0.3) is 0 Å². The smallest absolute Gasteiger partial charge is 0.00944 e. The molecule has 0 aromatic heterocycles. The summed E-state index contributed by atoms with van der Waals surface area (Å²) in [5, 5.41) is 3.77. The molecule has 0 nitrogen and oxygen atoms in total. The normalized spacial score (nSPS) is 31.0. The third-order valence-corrected chi connectivity index (χ3v) is 3.12. The molecule has 0 bridgehead atoms.